The standard InChI is InChI=1S/C16H20ClNO3S/c1-2-11-21-12-5-10-18-22(19,20)15-9-4-7-13-6-3-8-14(17)16(13)15/h3-4,6-9,18H,2,5,10-12H2,1H3. The number of nitrogens with one attached hydrogen (secondary N) is 1. The molecule has 2 rings (SSSR count). The largest absolute Gasteiger partial charge is 0.381 e. The van der Waals surface area contributed by atoms with Gasteiger partial charge in [-0.1, -0.05) is 42.8 Å². The summed E-state index contributed by atoms with van der Waals surface area (Å²) in [5, 5.41) is 1.80. The molecule has 0 spiro atoms. The molecule has 0 unspecified atom stereocenters. The van der Waals surface area contributed by atoms with Crippen LogP contribution in [-0.2, 0) is 14.8 Å². The van der Waals surface area contributed by atoms with Crippen molar-refractivity contribution in [3.63, 3.8) is 0 Å². The molecule has 6 heteroatoms. The monoisotopic (exact) mass is 341 g/mol. The normalized spacial score (nSPS) is 11.9. The molecule has 0 saturated carbocycles. The first-order chi connectivity index (χ1) is 10.6. The van der Waals surface area contributed by atoms with Crippen molar-refractivity contribution >= 4 is 32.4 Å². The molecular formula is C16H20ClNO3S. The second kappa shape index (κ2) is 7.92. The Balaban J connectivity index is 2.13. The van der Waals surface area contributed by atoms with Crippen molar-refractivity contribution in [2.75, 3.05) is 19.8 Å². The second-order valence-electron chi connectivity index (χ2n) is 4.96. The Labute approximate surface area is 136 Å². The zero-order valence-electron chi connectivity index (χ0n) is 12.5. The van der Waals surface area contributed by atoms with Gasteiger partial charge in [-0.25, -0.2) is 13.1 Å². The zero-order chi connectivity index (χ0) is 16.0. The maximum Gasteiger partial charge on any atom is 0.241 e. The fourth-order valence-electron chi connectivity index (χ4n) is 2.19. The number of hydrogen-bond donors (Lipinski definition) is 1. The summed E-state index contributed by atoms with van der Waals surface area (Å²) in [5.41, 5.74) is 0. The molecule has 4 nitrogen and oxygen atoms in total. The molecule has 0 aliphatic heterocycles. The number of benzene rings is 2. The van der Waals surface area contributed by atoms with Crippen LogP contribution in [0.3, 0.4) is 0 Å². The maximum atomic E-state index is 12.5. The summed E-state index contributed by atoms with van der Waals surface area (Å²) in [6, 6.07) is 10.5. The first-order valence-corrected chi connectivity index (χ1v) is 9.17. The zero-order valence-corrected chi connectivity index (χ0v) is 14.1. The molecule has 0 amide bonds. The molecule has 2 aromatic carbocycles. The minimum absolute atomic E-state index is 0.213. The highest BCUT2D eigenvalue weighted by molar-refractivity contribution is 7.89. The quantitative estimate of drug-likeness (QED) is 0.746. The van der Waals surface area contributed by atoms with Gasteiger partial charge in [-0.2, -0.15) is 0 Å². The van der Waals surface area contributed by atoms with E-state index in [0.717, 1.165) is 11.8 Å². The average Bonchev–Trinajstić information content (AvgIpc) is 2.50. The number of fused-ring (bicyclic) bond motifs is 1. The van der Waals surface area contributed by atoms with Crippen molar-refractivity contribution in [3.8, 4) is 0 Å². The lowest BCUT2D eigenvalue weighted by Crippen LogP contribution is -2.25. The summed E-state index contributed by atoms with van der Waals surface area (Å²) in [4.78, 5) is 0.213. The van der Waals surface area contributed by atoms with E-state index in [0.29, 0.717) is 36.6 Å². The van der Waals surface area contributed by atoms with Crippen LogP contribution < -0.4 is 4.72 Å². The summed E-state index contributed by atoms with van der Waals surface area (Å²) in [5.74, 6) is 0. The first-order valence-electron chi connectivity index (χ1n) is 7.31. The Hall–Kier alpha value is -1.14. The fourth-order valence-corrected chi connectivity index (χ4v) is 3.85. The molecule has 0 fully saturated rings. The van der Waals surface area contributed by atoms with Gasteiger partial charge < -0.3 is 4.74 Å². The van der Waals surface area contributed by atoms with Crippen LogP contribution in [-0.4, -0.2) is 28.2 Å². The minimum atomic E-state index is -3.59. The van der Waals surface area contributed by atoms with Gasteiger partial charge in [0.05, 0.1) is 4.90 Å². The third kappa shape index (κ3) is 4.20. The molecule has 0 aliphatic rings. The van der Waals surface area contributed by atoms with Crippen LogP contribution in [0.25, 0.3) is 10.8 Å². The summed E-state index contributed by atoms with van der Waals surface area (Å²) in [6.45, 7) is 3.62. The van der Waals surface area contributed by atoms with E-state index >= 15 is 0 Å². The Morgan fingerprint density at radius 1 is 1.14 bits per heavy atom. The van der Waals surface area contributed by atoms with Crippen molar-refractivity contribution in [2.24, 2.45) is 0 Å². The smallest absolute Gasteiger partial charge is 0.241 e. The summed E-state index contributed by atoms with van der Waals surface area (Å²) < 4.78 is 32.9. The van der Waals surface area contributed by atoms with Crippen LogP contribution >= 0.6 is 11.6 Å². The lowest BCUT2D eigenvalue weighted by molar-refractivity contribution is 0.133. The fraction of sp³-hybridized carbons (Fsp3) is 0.375. The molecule has 0 radical (unpaired) electrons. The van der Waals surface area contributed by atoms with Gasteiger partial charge in [-0.3, -0.25) is 0 Å². The second-order valence-corrected chi connectivity index (χ2v) is 7.10. The number of halogens is 1. The topological polar surface area (TPSA) is 55.4 Å². The Morgan fingerprint density at radius 3 is 2.59 bits per heavy atom. The van der Waals surface area contributed by atoms with Gasteiger partial charge >= 0.3 is 0 Å². The van der Waals surface area contributed by atoms with Crippen molar-refractivity contribution in [3.05, 3.63) is 41.4 Å². The van der Waals surface area contributed by atoms with E-state index in [4.69, 9.17) is 16.3 Å². The summed E-state index contributed by atoms with van der Waals surface area (Å²) in [6.07, 6.45) is 1.60. The van der Waals surface area contributed by atoms with Crippen LogP contribution in [0.4, 0.5) is 0 Å². The van der Waals surface area contributed by atoms with E-state index in [1.54, 1.807) is 24.3 Å². The van der Waals surface area contributed by atoms with Crippen LogP contribution in [0, 0.1) is 0 Å². The van der Waals surface area contributed by atoms with Crippen LogP contribution in [0.2, 0.25) is 5.02 Å². The molecule has 2 aromatic rings. The predicted octanol–water partition coefficient (Wildman–Crippen LogP) is 3.59. The van der Waals surface area contributed by atoms with Gasteiger partial charge in [0.1, 0.15) is 0 Å². The highest BCUT2D eigenvalue weighted by Gasteiger charge is 2.18. The van der Waals surface area contributed by atoms with Gasteiger partial charge in [0.25, 0.3) is 0 Å². The molecule has 120 valence electrons. The van der Waals surface area contributed by atoms with Gasteiger partial charge in [0.15, 0.2) is 0 Å². The number of rotatable bonds is 8. The first kappa shape index (κ1) is 17.2. The van der Waals surface area contributed by atoms with Gasteiger partial charge in [0, 0.05) is 30.2 Å². The molecule has 0 saturated heterocycles. The van der Waals surface area contributed by atoms with E-state index in [9.17, 15) is 8.42 Å². The van der Waals surface area contributed by atoms with Crippen LogP contribution in [0.5, 0.6) is 0 Å². The molecule has 0 aliphatic carbocycles. The highest BCUT2D eigenvalue weighted by atomic mass is 35.5. The lowest BCUT2D eigenvalue weighted by Gasteiger charge is -2.10. The Kier molecular flexibility index (Phi) is 6.20. The third-order valence-electron chi connectivity index (χ3n) is 3.21. The lowest BCUT2D eigenvalue weighted by atomic mass is 10.1. The SMILES string of the molecule is CCCOCCCNS(=O)(=O)c1cccc2cccc(Cl)c12. The van der Waals surface area contributed by atoms with Crippen LogP contribution in [0.1, 0.15) is 19.8 Å². The Bertz CT molecular complexity index is 726. The molecule has 0 aromatic heterocycles. The Morgan fingerprint density at radius 2 is 1.86 bits per heavy atom. The van der Waals surface area contributed by atoms with Gasteiger partial charge in [-0.15, -0.1) is 0 Å². The summed E-state index contributed by atoms with van der Waals surface area (Å²) in [7, 11) is -3.59. The van der Waals surface area contributed by atoms with Crippen molar-refractivity contribution in [1.29, 1.82) is 0 Å². The number of ether oxygens (including phenoxy) is 1. The molecule has 22 heavy (non-hydrogen) atoms. The molecular weight excluding hydrogens is 322 g/mol. The van der Waals surface area contributed by atoms with E-state index in [-0.39, 0.29) is 4.90 Å². The molecule has 1 N–H and O–H groups in total. The van der Waals surface area contributed by atoms with Crippen molar-refractivity contribution in [2.45, 2.75) is 24.7 Å². The van der Waals surface area contributed by atoms with Crippen LogP contribution in [0.15, 0.2) is 41.3 Å². The maximum absolute atomic E-state index is 12.5. The molecule has 0 bridgehead atoms. The minimum Gasteiger partial charge on any atom is -0.381 e. The van der Waals surface area contributed by atoms with Gasteiger partial charge in [-0.05, 0) is 30.4 Å². The third-order valence-corrected chi connectivity index (χ3v) is 5.03. The highest BCUT2D eigenvalue weighted by Crippen LogP contribution is 2.29. The van der Waals surface area contributed by atoms with Crippen molar-refractivity contribution < 1.29 is 13.2 Å². The van der Waals surface area contributed by atoms with E-state index < -0.39 is 10.0 Å². The van der Waals surface area contributed by atoms with E-state index in [1.807, 2.05) is 19.1 Å². The van der Waals surface area contributed by atoms with E-state index in [2.05, 4.69) is 4.72 Å². The summed E-state index contributed by atoms with van der Waals surface area (Å²) >= 11 is 6.17. The predicted molar refractivity (Wildman–Crippen MR) is 89.9 cm³/mol. The number of hydrogen-bond acceptors (Lipinski definition) is 3. The number of sulfonamides is 1. The molecule has 0 atom stereocenters. The molecule has 0 heterocycles. The van der Waals surface area contributed by atoms with E-state index in [1.165, 1.54) is 0 Å². The average molecular weight is 342 g/mol. The van der Waals surface area contributed by atoms with Crippen molar-refractivity contribution in [1.82, 2.24) is 4.72 Å². The van der Waals surface area contributed by atoms with Gasteiger partial charge in [0.2, 0.25) is 10.0 Å².